The average molecular weight is 641 g/mol. The van der Waals surface area contributed by atoms with Crippen molar-refractivity contribution in [2.75, 3.05) is 13.2 Å². The third-order valence-corrected chi connectivity index (χ3v) is 8.19. The fourth-order valence-corrected chi connectivity index (χ4v) is 5.38. The van der Waals surface area contributed by atoms with Gasteiger partial charge >= 0.3 is 11.9 Å². The van der Waals surface area contributed by atoms with Crippen molar-refractivity contribution in [2.24, 2.45) is 11.8 Å². The third-order valence-electron chi connectivity index (χ3n) is 8.19. The molecule has 4 N–H and O–H groups in total. The van der Waals surface area contributed by atoms with Gasteiger partial charge in [-0.2, -0.15) is 0 Å². The lowest BCUT2D eigenvalue weighted by molar-refractivity contribution is -0.151. The lowest BCUT2D eigenvalue weighted by atomic mass is 10.0. The van der Waals surface area contributed by atoms with Crippen LogP contribution in [0.1, 0.15) is 169 Å². The Morgan fingerprint density at radius 3 is 1.44 bits per heavy atom. The van der Waals surface area contributed by atoms with Crippen molar-refractivity contribution in [3.8, 4) is 0 Å². The van der Waals surface area contributed by atoms with Crippen LogP contribution in [0.5, 0.6) is 0 Å². The molecule has 0 aromatic rings. The smallest absolute Gasteiger partial charge is 0.328 e. The molecular weight excluding hydrogens is 572 g/mol. The molecule has 45 heavy (non-hydrogen) atoms. The second-order valence-corrected chi connectivity index (χ2v) is 13.6. The largest absolute Gasteiger partial charge is 0.480 e. The highest BCUT2D eigenvalue weighted by Crippen LogP contribution is 2.17. The zero-order chi connectivity index (χ0) is 33.7. The van der Waals surface area contributed by atoms with Gasteiger partial charge in [0.2, 0.25) is 11.8 Å². The van der Waals surface area contributed by atoms with Crippen LogP contribution in [0.15, 0.2) is 0 Å². The van der Waals surface area contributed by atoms with Crippen molar-refractivity contribution < 1.29 is 34.1 Å². The van der Waals surface area contributed by atoms with Crippen molar-refractivity contribution >= 4 is 23.8 Å². The molecule has 0 saturated heterocycles. The Hall–Kier alpha value is -2.16. The topological polar surface area (TPSA) is 142 Å². The zero-order valence-electron chi connectivity index (χ0n) is 29.2. The van der Waals surface area contributed by atoms with Gasteiger partial charge in [-0.15, -0.1) is 0 Å². The first-order chi connectivity index (χ1) is 21.5. The summed E-state index contributed by atoms with van der Waals surface area (Å²) in [5.74, 6) is -1.24. The van der Waals surface area contributed by atoms with Gasteiger partial charge in [0, 0.05) is 6.42 Å². The van der Waals surface area contributed by atoms with E-state index in [1.54, 1.807) is 0 Å². The number of unbranched alkanes of at least 4 members (excludes halogenated alkanes) is 15. The molecular formula is C36H68N2O7. The molecule has 2 atom stereocenters. The van der Waals surface area contributed by atoms with Gasteiger partial charge in [-0.1, -0.05) is 137 Å². The second-order valence-electron chi connectivity index (χ2n) is 13.6. The summed E-state index contributed by atoms with van der Waals surface area (Å²) < 4.78 is 5.72. The minimum Gasteiger partial charge on any atom is -0.480 e. The van der Waals surface area contributed by atoms with Gasteiger partial charge in [0.1, 0.15) is 12.1 Å². The summed E-state index contributed by atoms with van der Waals surface area (Å²) in [5.41, 5.74) is 0. The molecule has 0 aliphatic heterocycles. The molecule has 0 aliphatic rings. The Morgan fingerprint density at radius 2 is 1.02 bits per heavy atom. The van der Waals surface area contributed by atoms with Gasteiger partial charge in [-0.05, 0) is 31.1 Å². The molecule has 0 aromatic carbocycles. The number of carbonyl (C=O) groups excluding carboxylic acids is 3. The molecule has 9 nitrogen and oxygen atoms in total. The normalized spacial score (nSPS) is 12.7. The number of hydrogen-bond acceptors (Lipinski definition) is 6. The molecule has 264 valence electrons. The van der Waals surface area contributed by atoms with E-state index in [0.717, 1.165) is 50.4 Å². The molecule has 9 heteroatoms. The minimum absolute atomic E-state index is 0.0472. The first-order valence-corrected chi connectivity index (χ1v) is 18.1. The molecule has 0 aromatic heterocycles. The number of rotatable bonds is 31. The van der Waals surface area contributed by atoms with Crippen molar-refractivity contribution in [3.63, 3.8) is 0 Å². The van der Waals surface area contributed by atoms with Gasteiger partial charge in [-0.3, -0.25) is 14.4 Å². The monoisotopic (exact) mass is 641 g/mol. The van der Waals surface area contributed by atoms with Crippen molar-refractivity contribution in [1.29, 1.82) is 0 Å². The number of aliphatic carboxylic acids is 1. The second kappa shape index (κ2) is 29.3. The number of carbonyl (C=O) groups is 4. The predicted molar refractivity (Wildman–Crippen MR) is 181 cm³/mol. The summed E-state index contributed by atoms with van der Waals surface area (Å²) in [6.45, 7) is 7.91. The molecule has 2 amide bonds. The van der Waals surface area contributed by atoms with E-state index in [4.69, 9.17) is 14.9 Å². The number of ether oxygens (including phenoxy) is 1. The Labute approximate surface area is 274 Å². The fourth-order valence-electron chi connectivity index (χ4n) is 5.38. The Morgan fingerprint density at radius 1 is 0.600 bits per heavy atom. The van der Waals surface area contributed by atoms with Crippen LogP contribution >= 0.6 is 0 Å². The van der Waals surface area contributed by atoms with Crippen LogP contribution in [0.25, 0.3) is 0 Å². The van der Waals surface area contributed by atoms with Gasteiger partial charge < -0.3 is 25.6 Å². The maximum atomic E-state index is 12.6. The van der Waals surface area contributed by atoms with Crippen molar-refractivity contribution in [2.45, 2.75) is 181 Å². The number of nitrogens with one attached hydrogen (secondary N) is 2. The quantitative estimate of drug-likeness (QED) is 0.0455. The average Bonchev–Trinajstić information content (AvgIpc) is 2.97. The molecule has 0 spiro atoms. The van der Waals surface area contributed by atoms with Crippen LogP contribution in [0.2, 0.25) is 0 Å². The lowest BCUT2D eigenvalue weighted by Gasteiger charge is -2.18. The van der Waals surface area contributed by atoms with Crippen LogP contribution < -0.4 is 10.6 Å². The summed E-state index contributed by atoms with van der Waals surface area (Å²) in [6.07, 6.45) is 22.8. The number of aliphatic hydroxyl groups is 1. The summed E-state index contributed by atoms with van der Waals surface area (Å²) >= 11 is 0. The Balaban J connectivity index is 4.43. The maximum Gasteiger partial charge on any atom is 0.328 e. The molecule has 0 saturated carbocycles. The van der Waals surface area contributed by atoms with Gasteiger partial charge in [0.05, 0.1) is 19.6 Å². The van der Waals surface area contributed by atoms with Crippen LogP contribution in [-0.4, -0.2) is 59.3 Å². The van der Waals surface area contributed by atoms with Crippen LogP contribution in [0.4, 0.5) is 0 Å². The van der Waals surface area contributed by atoms with Crippen LogP contribution in [0, 0.1) is 11.8 Å². The molecule has 0 rings (SSSR count). The number of amides is 2. The minimum atomic E-state index is -1.43. The lowest BCUT2D eigenvalue weighted by Crippen LogP contribution is -2.47. The van der Waals surface area contributed by atoms with Crippen molar-refractivity contribution in [3.05, 3.63) is 0 Å². The summed E-state index contributed by atoms with van der Waals surface area (Å²) in [6, 6.07) is -1.43. The molecule has 0 fully saturated rings. The molecule has 1 unspecified atom stereocenters. The molecule has 0 radical (unpaired) electrons. The summed E-state index contributed by atoms with van der Waals surface area (Å²) in [5, 5.41) is 22.6. The van der Waals surface area contributed by atoms with Crippen LogP contribution in [-0.2, 0) is 23.9 Å². The van der Waals surface area contributed by atoms with E-state index in [0.29, 0.717) is 12.8 Å². The highest BCUT2D eigenvalue weighted by molar-refractivity contribution is 5.88. The SMILES string of the molecule is CC(C)CCCCCCCCCCCC(=O)OC(CCCCCCCCCCC(C)C)CC(=O)NCC(=O)N[C@@H](CO)C(=O)O. The van der Waals surface area contributed by atoms with Crippen molar-refractivity contribution in [1.82, 2.24) is 10.6 Å². The first-order valence-electron chi connectivity index (χ1n) is 18.1. The first kappa shape index (κ1) is 42.8. The Kier molecular flexibility index (Phi) is 27.9. The fraction of sp³-hybridized carbons (Fsp3) is 0.889. The van der Waals surface area contributed by atoms with E-state index < -0.39 is 43.1 Å². The highest BCUT2D eigenvalue weighted by atomic mass is 16.5. The number of carboxylic acid groups (broad SMARTS) is 1. The molecule has 0 aliphatic carbocycles. The van der Waals surface area contributed by atoms with E-state index in [9.17, 15) is 19.2 Å². The number of esters is 1. The predicted octanol–water partition coefficient (Wildman–Crippen LogP) is 7.47. The third kappa shape index (κ3) is 29.0. The van der Waals surface area contributed by atoms with E-state index in [1.165, 1.54) is 83.5 Å². The highest BCUT2D eigenvalue weighted by Gasteiger charge is 2.21. The summed E-state index contributed by atoms with van der Waals surface area (Å²) in [4.78, 5) is 48.1. The van der Waals surface area contributed by atoms with Gasteiger partial charge in [-0.25, -0.2) is 4.79 Å². The van der Waals surface area contributed by atoms with E-state index >= 15 is 0 Å². The van der Waals surface area contributed by atoms with E-state index in [2.05, 4.69) is 38.3 Å². The number of hydrogen-bond donors (Lipinski definition) is 4. The van der Waals surface area contributed by atoms with Crippen LogP contribution in [0.3, 0.4) is 0 Å². The standard InChI is InChI=1S/C36H68N2O7/c1-29(2)22-18-14-10-6-5-7-13-17-21-25-35(42)45-31(24-20-16-12-9-8-11-15-19-23-30(3)4)26-33(40)37-27-34(41)38-32(28-39)36(43)44/h29-32,39H,5-28H2,1-4H3,(H,37,40)(H,38,41)(H,43,44)/t31?,32-/m0/s1. The Bertz CT molecular complexity index is 773. The molecule has 0 bridgehead atoms. The zero-order valence-corrected chi connectivity index (χ0v) is 29.2. The van der Waals surface area contributed by atoms with E-state index in [1.807, 2.05) is 0 Å². The number of aliphatic hydroxyl groups excluding tert-OH is 1. The number of carboxylic acids is 1. The maximum absolute atomic E-state index is 12.6. The van der Waals surface area contributed by atoms with E-state index in [-0.39, 0.29) is 12.4 Å². The summed E-state index contributed by atoms with van der Waals surface area (Å²) in [7, 11) is 0. The van der Waals surface area contributed by atoms with Gasteiger partial charge in [0.25, 0.3) is 0 Å². The molecule has 0 heterocycles. The van der Waals surface area contributed by atoms with Gasteiger partial charge in [0.15, 0.2) is 0 Å².